The number of carbonyl (C=O) groups is 1. The first kappa shape index (κ1) is 24.2. The van der Waals surface area contributed by atoms with Crippen LogP contribution >= 0.6 is 11.3 Å². The SMILES string of the molecule is CC1CCCN(c2ccc(CNC(=O)CN(c3ccccc3F)S(=O)(=O)c3cccs3)cc2)C1. The predicted octanol–water partition coefficient (Wildman–Crippen LogP) is 4.64. The molecule has 1 N–H and O–H groups in total. The zero-order valence-electron chi connectivity index (χ0n) is 19.0. The van der Waals surface area contributed by atoms with E-state index in [0.717, 1.165) is 40.0 Å². The van der Waals surface area contributed by atoms with Crippen LogP contribution in [0.4, 0.5) is 15.8 Å². The molecule has 9 heteroatoms. The molecule has 2 heterocycles. The largest absolute Gasteiger partial charge is 0.371 e. The predicted molar refractivity (Wildman–Crippen MR) is 134 cm³/mol. The second kappa shape index (κ2) is 10.6. The fourth-order valence-corrected chi connectivity index (χ4v) is 6.64. The van der Waals surface area contributed by atoms with Gasteiger partial charge in [-0.05, 0) is 60.0 Å². The van der Waals surface area contributed by atoms with E-state index in [1.807, 2.05) is 24.3 Å². The molecule has 1 aromatic heterocycles. The van der Waals surface area contributed by atoms with Crippen LogP contribution in [-0.4, -0.2) is 34.0 Å². The van der Waals surface area contributed by atoms with E-state index in [-0.39, 0.29) is 16.4 Å². The number of rotatable bonds is 8. The number of sulfonamides is 1. The molecule has 180 valence electrons. The summed E-state index contributed by atoms with van der Waals surface area (Å²) in [4.78, 5) is 15.1. The van der Waals surface area contributed by atoms with E-state index in [1.165, 1.54) is 43.2 Å². The molecule has 2 aromatic carbocycles. The van der Waals surface area contributed by atoms with E-state index in [1.54, 1.807) is 11.4 Å². The number of para-hydroxylation sites is 1. The number of nitrogens with one attached hydrogen (secondary N) is 1. The fourth-order valence-electron chi connectivity index (χ4n) is 4.11. The third-order valence-corrected chi connectivity index (χ3v) is 9.03. The molecule has 0 bridgehead atoms. The molecule has 6 nitrogen and oxygen atoms in total. The smallest absolute Gasteiger partial charge is 0.274 e. The third-order valence-electron chi connectivity index (χ3n) is 5.90. The lowest BCUT2D eigenvalue weighted by atomic mass is 9.99. The van der Waals surface area contributed by atoms with Gasteiger partial charge in [0, 0.05) is 25.3 Å². The number of carbonyl (C=O) groups excluding carboxylic acids is 1. The zero-order valence-corrected chi connectivity index (χ0v) is 20.6. The monoisotopic (exact) mass is 501 g/mol. The highest BCUT2D eigenvalue weighted by molar-refractivity contribution is 7.94. The number of benzene rings is 2. The molecular formula is C25H28FN3O3S2. The number of amides is 1. The average Bonchev–Trinajstić information content (AvgIpc) is 3.38. The zero-order chi connectivity index (χ0) is 24.1. The molecule has 4 rings (SSSR count). The highest BCUT2D eigenvalue weighted by Crippen LogP contribution is 2.28. The Morgan fingerprint density at radius 1 is 1.15 bits per heavy atom. The summed E-state index contributed by atoms with van der Waals surface area (Å²) in [5.41, 5.74) is 1.90. The molecule has 0 saturated carbocycles. The second-order valence-electron chi connectivity index (χ2n) is 8.53. The van der Waals surface area contributed by atoms with Gasteiger partial charge in [0.05, 0.1) is 5.69 Å². The van der Waals surface area contributed by atoms with Crippen LogP contribution < -0.4 is 14.5 Å². The lowest BCUT2D eigenvalue weighted by Crippen LogP contribution is -2.40. The van der Waals surface area contributed by atoms with Crippen molar-refractivity contribution in [1.29, 1.82) is 0 Å². The van der Waals surface area contributed by atoms with E-state index in [2.05, 4.69) is 17.1 Å². The quantitative estimate of drug-likeness (QED) is 0.488. The van der Waals surface area contributed by atoms with Gasteiger partial charge >= 0.3 is 0 Å². The van der Waals surface area contributed by atoms with Crippen LogP contribution in [0, 0.1) is 11.7 Å². The molecule has 0 spiro atoms. The Balaban J connectivity index is 1.44. The standard InChI is InChI=1S/C25H28FN3O3S2/c1-19-6-4-14-28(17-19)21-12-10-20(11-13-21)16-27-24(30)18-29(23-8-3-2-7-22(23)26)34(31,32)25-9-5-15-33-25/h2-3,5,7-13,15,19H,4,6,14,16-18H2,1H3,(H,27,30). The number of halogens is 1. The lowest BCUT2D eigenvalue weighted by molar-refractivity contribution is -0.119. The van der Waals surface area contributed by atoms with Crippen molar-refractivity contribution < 1.29 is 17.6 Å². The molecule has 34 heavy (non-hydrogen) atoms. The highest BCUT2D eigenvalue weighted by atomic mass is 32.2. The van der Waals surface area contributed by atoms with Gasteiger partial charge in [0.2, 0.25) is 5.91 Å². The lowest BCUT2D eigenvalue weighted by Gasteiger charge is -2.32. The number of anilines is 2. The average molecular weight is 502 g/mol. The molecular weight excluding hydrogens is 473 g/mol. The summed E-state index contributed by atoms with van der Waals surface area (Å²) < 4.78 is 41.7. The molecule has 1 saturated heterocycles. The van der Waals surface area contributed by atoms with Crippen LogP contribution in [0.1, 0.15) is 25.3 Å². The maximum absolute atomic E-state index is 14.5. The Morgan fingerprint density at radius 2 is 1.91 bits per heavy atom. The summed E-state index contributed by atoms with van der Waals surface area (Å²) in [6.45, 7) is 4.08. The van der Waals surface area contributed by atoms with Crippen LogP contribution in [0.5, 0.6) is 0 Å². The normalized spacial score (nSPS) is 16.3. The summed E-state index contributed by atoms with van der Waals surface area (Å²) in [7, 11) is -4.09. The van der Waals surface area contributed by atoms with Crippen LogP contribution in [0.3, 0.4) is 0 Å². The van der Waals surface area contributed by atoms with Crippen molar-refractivity contribution in [2.45, 2.75) is 30.5 Å². The summed E-state index contributed by atoms with van der Waals surface area (Å²) in [5.74, 6) is -0.550. The van der Waals surface area contributed by atoms with Crippen LogP contribution in [-0.2, 0) is 21.4 Å². The summed E-state index contributed by atoms with van der Waals surface area (Å²) in [6, 6.07) is 16.6. The minimum absolute atomic E-state index is 0.0474. The Labute approximate surface area is 204 Å². The molecule has 3 aromatic rings. The van der Waals surface area contributed by atoms with Gasteiger partial charge in [-0.2, -0.15) is 0 Å². The number of nitrogens with zero attached hydrogens (tertiary/aromatic N) is 2. The summed E-state index contributed by atoms with van der Waals surface area (Å²) in [5, 5.41) is 4.39. The van der Waals surface area contributed by atoms with Crippen molar-refractivity contribution >= 4 is 38.6 Å². The summed E-state index contributed by atoms with van der Waals surface area (Å²) in [6.07, 6.45) is 2.44. The molecule has 0 radical (unpaired) electrons. The number of thiophene rings is 1. The van der Waals surface area contributed by atoms with E-state index >= 15 is 0 Å². The number of hydrogen-bond donors (Lipinski definition) is 1. The molecule has 1 aliphatic rings. The topological polar surface area (TPSA) is 69.7 Å². The van der Waals surface area contributed by atoms with Crippen molar-refractivity contribution in [3.8, 4) is 0 Å². The molecule has 1 unspecified atom stereocenters. The van der Waals surface area contributed by atoms with Gasteiger partial charge in [-0.25, -0.2) is 12.8 Å². The molecule has 1 aliphatic heterocycles. The first-order chi connectivity index (χ1) is 16.3. The molecule has 1 fully saturated rings. The van der Waals surface area contributed by atoms with Gasteiger partial charge in [-0.1, -0.05) is 37.3 Å². The van der Waals surface area contributed by atoms with Crippen molar-refractivity contribution in [2.75, 3.05) is 28.8 Å². The van der Waals surface area contributed by atoms with E-state index in [4.69, 9.17) is 0 Å². The van der Waals surface area contributed by atoms with Crippen molar-refractivity contribution in [3.05, 3.63) is 77.4 Å². The minimum atomic E-state index is -4.09. The van der Waals surface area contributed by atoms with E-state index < -0.39 is 28.3 Å². The first-order valence-corrected chi connectivity index (χ1v) is 13.6. The summed E-state index contributed by atoms with van der Waals surface area (Å²) >= 11 is 1.02. The Morgan fingerprint density at radius 3 is 2.59 bits per heavy atom. The second-order valence-corrected chi connectivity index (χ2v) is 11.6. The van der Waals surface area contributed by atoms with E-state index in [9.17, 15) is 17.6 Å². The van der Waals surface area contributed by atoms with E-state index in [0.29, 0.717) is 5.92 Å². The maximum Gasteiger partial charge on any atom is 0.274 e. The van der Waals surface area contributed by atoms with Gasteiger partial charge < -0.3 is 10.2 Å². The van der Waals surface area contributed by atoms with Gasteiger partial charge in [-0.15, -0.1) is 11.3 Å². The third kappa shape index (κ3) is 5.59. The molecule has 1 atom stereocenters. The number of hydrogen-bond acceptors (Lipinski definition) is 5. The molecule has 1 amide bonds. The van der Waals surface area contributed by atoms with Crippen LogP contribution in [0.25, 0.3) is 0 Å². The van der Waals surface area contributed by atoms with Gasteiger partial charge in [0.25, 0.3) is 10.0 Å². The fraction of sp³-hybridized carbons (Fsp3) is 0.320. The highest BCUT2D eigenvalue weighted by Gasteiger charge is 2.29. The van der Waals surface area contributed by atoms with Crippen molar-refractivity contribution in [3.63, 3.8) is 0 Å². The van der Waals surface area contributed by atoms with Crippen molar-refractivity contribution in [2.24, 2.45) is 5.92 Å². The van der Waals surface area contributed by atoms with Gasteiger partial charge in [0.1, 0.15) is 16.6 Å². The van der Waals surface area contributed by atoms with Crippen LogP contribution in [0.2, 0.25) is 0 Å². The Hall–Kier alpha value is -2.91. The Bertz CT molecular complexity index is 1210. The first-order valence-electron chi connectivity index (χ1n) is 11.3. The maximum atomic E-state index is 14.5. The minimum Gasteiger partial charge on any atom is -0.371 e. The van der Waals surface area contributed by atoms with Gasteiger partial charge in [0.15, 0.2) is 0 Å². The van der Waals surface area contributed by atoms with Crippen LogP contribution in [0.15, 0.2) is 70.3 Å². The Kier molecular flexibility index (Phi) is 7.53. The number of piperidine rings is 1. The van der Waals surface area contributed by atoms with Crippen molar-refractivity contribution in [1.82, 2.24) is 5.32 Å². The van der Waals surface area contributed by atoms with Gasteiger partial charge in [-0.3, -0.25) is 9.10 Å². The molecule has 0 aliphatic carbocycles.